The number of hydrazone groups is 1. The molecule has 7 nitrogen and oxygen atoms in total. The molecule has 2 aliphatic rings. The highest BCUT2D eigenvalue weighted by molar-refractivity contribution is 6.09. The number of amides is 1. The summed E-state index contributed by atoms with van der Waals surface area (Å²) in [5.41, 5.74) is 10.7. The van der Waals surface area contributed by atoms with Crippen LogP contribution in [0, 0.1) is 0 Å². The van der Waals surface area contributed by atoms with E-state index < -0.39 is 0 Å². The zero-order valence-corrected chi connectivity index (χ0v) is 12.5. The van der Waals surface area contributed by atoms with Crippen LogP contribution in [0.2, 0.25) is 0 Å². The van der Waals surface area contributed by atoms with Gasteiger partial charge in [0.25, 0.3) is 5.91 Å². The van der Waals surface area contributed by atoms with Gasteiger partial charge in [-0.1, -0.05) is 0 Å². The second-order valence-electron chi connectivity index (χ2n) is 5.05. The minimum atomic E-state index is -0.362. The normalized spacial score (nSPS) is 19.9. The molecule has 0 saturated carbocycles. The van der Waals surface area contributed by atoms with Crippen LogP contribution < -0.4 is 20.8 Å². The summed E-state index contributed by atoms with van der Waals surface area (Å²) in [6.45, 7) is 4.62. The molecule has 3 rings (SSSR count). The summed E-state index contributed by atoms with van der Waals surface area (Å²) in [5, 5.41) is 4.04. The highest BCUT2D eigenvalue weighted by Gasteiger charge is 2.35. The predicted octanol–water partition coefficient (Wildman–Crippen LogP) is 1.31. The van der Waals surface area contributed by atoms with Gasteiger partial charge >= 0.3 is 0 Å². The minimum Gasteiger partial charge on any atom is -0.501 e. The summed E-state index contributed by atoms with van der Waals surface area (Å²) in [6.07, 6.45) is 3.39. The Morgan fingerprint density at radius 3 is 3.18 bits per heavy atom. The Hall–Kier alpha value is -2.70. The second-order valence-corrected chi connectivity index (χ2v) is 5.05. The first-order chi connectivity index (χ1) is 10.6. The first kappa shape index (κ1) is 14.2. The maximum Gasteiger partial charge on any atom is 0.262 e. The maximum absolute atomic E-state index is 11.8. The zero-order valence-electron chi connectivity index (χ0n) is 12.5. The fourth-order valence-electron chi connectivity index (χ4n) is 2.47. The number of nitrogens with zero attached hydrogens (tertiary/aromatic N) is 2. The number of rotatable bonds is 3. The van der Waals surface area contributed by atoms with Gasteiger partial charge in [0.1, 0.15) is 18.4 Å². The fourth-order valence-corrected chi connectivity index (χ4v) is 2.47. The lowest BCUT2D eigenvalue weighted by atomic mass is 10.1. The van der Waals surface area contributed by atoms with Gasteiger partial charge in [0.2, 0.25) is 0 Å². The molecule has 0 saturated heterocycles. The van der Waals surface area contributed by atoms with Crippen LogP contribution >= 0.6 is 0 Å². The molecule has 0 spiro atoms. The van der Waals surface area contributed by atoms with Gasteiger partial charge in [-0.05, 0) is 32.1 Å². The number of amidine groups is 1. The van der Waals surface area contributed by atoms with Gasteiger partial charge in [0.05, 0.1) is 18.6 Å². The Morgan fingerprint density at radius 1 is 1.59 bits per heavy atom. The van der Waals surface area contributed by atoms with Crippen molar-refractivity contribution in [1.29, 1.82) is 0 Å². The summed E-state index contributed by atoms with van der Waals surface area (Å²) in [4.78, 5) is 13.7. The van der Waals surface area contributed by atoms with Crippen molar-refractivity contribution >= 4 is 29.2 Å². The van der Waals surface area contributed by atoms with E-state index in [2.05, 4.69) is 10.5 Å². The molecule has 0 aromatic heterocycles. The van der Waals surface area contributed by atoms with E-state index in [0.717, 1.165) is 11.3 Å². The number of benzene rings is 1. The number of hydrogen-bond acceptors (Lipinski definition) is 6. The average Bonchev–Trinajstić information content (AvgIpc) is 2.51. The molecule has 1 aromatic rings. The number of hydrogen-bond donors (Lipinski definition) is 2. The molecule has 1 aromatic carbocycles. The van der Waals surface area contributed by atoms with Crippen molar-refractivity contribution in [3.63, 3.8) is 0 Å². The Labute approximate surface area is 128 Å². The van der Waals surface area contributed by atoms with Gasteiger partial charge in [-0.2, -0.15) is 5.10 Å². The summed E-state index contributed by atoms with van der Waals surface area (Å²) >= 11 is 0. The second kappa shape index (κ2) is 5.59. The third-order valence-corrected chi connectivity index (χ3v) is 3.63. The third kappa shape index (κ3) is 2.34. The van der Waals surface area contributed by atoms with Crippen LogP contribution in [0.25, 0.3) is 6.08 Å². The Balaban J connectivity index is 2.00. The summed E-state index contributed by atoms with van der Waals surface area (Å²) in [5.74, 6) is 1.18. The number of anilines is 2. The fraction of sp³-hybridized carbons (Fsp3) is 0.333. The van der Waals surface area contributed by atoms with E-state index in [1.165, 1.54) is 0 Å². The predicted molar refractivity (Wildman–Crippen MR) is 84.5 cm³/mol. The number of carbonyl (C=O) groups is 1. The molecular formula is C15H18N4O3. The van der Waals surface area contributed by atoms with Gasteiger partial charge in [0.15, 0.2) is 5.84 Å². The molecule has 0 bridgehead atoms. The minimum absolute atomic E-state index is 0.157. The van der Waals surface area contributed by atoms with Crippen molar-refractivity contribution in [3.05, 3.63) is 24.0 Å². The lowest BCUT2D eigenvalue weighted by molar-refractivity contribution is -0.122. The molecule has 2 aliphatic heterocycles. The first-order valence-corrected chi connectivity index (χ1v) is 7.12. The molecule has 116 valence electrons. The number of nitrogen functional groups attached to an aromatic ring is 1. The van der Waals surface area contributed by atoms with Gasteiger partial charge in [-0.15, -0.1) is 0 Å². The lowest BCUT2D eigenvalue weighted by Gasteiger charge is -2.38. The number of carbonyl (C=O) groups excluding carboxylic acids is 1. The van der Waals surface area contributed by atoms with Gasteiger partial charge in [-0.25, -0.2) is 5.43 Å². The zero-order chi connectivity index (χ0) is 15.7. The van der Waals surface area contributed by atoms with E-state index in [1.807, 2.05) is 24.8 Å². The molecular weight excluding hydrogens is 284 g/mol. The molecule has 0 aliphatic carbocycles. The van der Waals surface area contributed by atoms with Crippen molar-refractivity contribution < 1.29 is 14.3 Å². The topological polar surface area (TPSA) is 89.2 Å². The van der Waals surface area contributed by atoms with E-state index >= 15 is 0 Å². The number of fused-ring (bicyclic) bond motifs is 3. The van der Waals surface area contributed by atoms with Gasteiger partial charge < -0.3 is 20.1 Å². The van der Waals surface area contributed by atoms with Crippen LogP contribution in [-0.2, 0) is 9.53 Å². The molecule has 1 atom stereocenters. The average molecular weight is 302 g/mol. The maximum atomic E-state index is 11.8. The Kier molecular flexibility index (Phi) is 3.62. The Morgan fingerprint density at radius 2 is 2.41 bits per heavy atom. The molecule has 2 heterocycles. The highest BCUT2D eigenvalue weighted by atomic mass is 16.5. The third-order valence-electron chi connectivity index (χ3n) is 3.63. The van der Waals surface area contributed by atoms with E-state index in [-0.39, 0.29) is 11.9 Å². The van der Waals surface area contributed by atoms with Crippen LogP contribution in [0.1, 0.15) is 19.4 Å². The smallest absolute Gasteiger partial charge is 0.262 e. The van der Waals surface area contributed by atoms with Gasteiger partial charge in [-0.3, -0.25) is 4.79 Å². The van der Waals surface area contributed by atoms with Gasteiger partial charge in [0, 0.05) is 11.3 Å². The van der Waals surface area contributed by atoms with E-state index in [9.17, 15) is 4.79 Å². The standard InChI is InChI=1S/C15H18N4O3/c1-3-21-5-4-10-6-13-12(7-11(10)16)19-9(2)15(20)18-17-14(19)8-22-13/h4-7,9H,3,8,16H2,1-2H3,(H,18,20)/b5-4+. The number of nitrogens with two attached hydrogens (primary N) is 1. The monoisotopic (exact) mass is 302 g/mol. The lowest BCUT2D eigenvalue weighted by Crippen LogP contribution is -2.55. The largest absolute Gasteiger partial charge is 0.501 e. The molecule has 0 radical (unpaired) electrons. The van der Waals surface area contributed by atoms with Crippen LogP contribution in [0.15, 0.2) is 23.5 Å². The van der Waals surface area contributed by atoms with Crippen LogP contribution in [0.4, 0.5) is 11.4 Å². The van der Waals surface area contributed by atoms with Crippen molar-refractivity contribution in [2.75, 3.05) is 23.8 Å². The van der Waals surface area contributed by atoms with Crippen molar-refractivity contribution in [3.8, 4) is 5.75 Å². The quantitative estimate of drug-likeness (QED) is 0.649. The van der Waals surface area contributed by atoms with E-state index in [1.54, 1.807) is 18.4 Å². The SMILES string of the molecule is CCO/C=C/c1cc2c(cc1N)N1C(=NNC(=O)C1C)CO2. The van der Waals surface area contributed by atoms with Crippen LogP contribution in [-0.4, -0.2) is 31.0 Å². The first-order valence-electron chi connectivity index (χ1n) is 7.12. The molecule has 1 amide bonds. The molecule has 22 heavy (non-hydrogen) atoms. The molecule has 3 N–H and O–H groups in total. The van der Waals surface area contributed by atoms with E-state index in [4.69, 9.17) is 15.2 Å². The van der Waals surface area contributed by atoms with E-state index in [0.29, 0.717) is 30.5 Å². The van der Waals surface area contributed by atoms with Crippen molar-refractivity contribution in [1.82, 2.24) is 5.43 Å². The van der Waals surface area contributed by atoms with Crippen LogP contribution in [0.3, 0.4) is 0 Å². The summed E-state index contributed by atoms with van der Waals surface area (Å²) in [6, 6.07) is 3.28. The van der Waals surface area contributed by atoms with Crippen molar-refractivity contribution in [2.45, 2.75) is 19.9 Å². The van der Waals surface area contributed by atoms with Crippen molar-refractivity contribution in [2.24, 2.45) is 5.10 Å². The Bertz CT molecular complexity index is 669. The molecule has 1 unspecified atom stereocenters. The number of ether oxygens (including phenoxy) is 2. The number of nitrogens with one attached hydrogen (secondary N) is 1. The highest BCUT2D eigenvalue weighted by Crippen LogP contribution is 2.38. The summed E-state index contributed by atoms with van der Waals surface area (Å²) < 4.78 is 10.9. The summed E-state index contributed by atoms with van der Waals surface area (Å²) in [7, 11) is 0. The molecule has 7 heteroatoms. The molecule has 0 fully saturated rings. The van der Waals surface area contributed by atoms with Crippen LogP contribution in [0.5, 0.6) is 5.75 Å².